The molecular weight excluding hydrogens is 302 g/mol. The molecule has 0 aliphatic rings. The van der Waals surface area contributed by atoms with Crippen molar-refractivity contribution < 1.29 is 16.8 Å². The van der Waals surface area contributed by atoms with Gasteiger partial charge in [-0.2, -0.15) is 5.10 Å². The third-order valence-corrected chi connectivity index (χ3v) is 5.81. The van der Waals surface area contributed by atoms with Gasteiger partial charge in [0.1, 0.15) is 4.90 Å². The summed E-state index contributed by atoms with van der Waals surface area (Å²) in [7, 11) is -6.99. The quantitative estimate of drug-likeness (QED) is 0.764. The first-order chi connectivity index (χ1) is 9.16. The largest absolute Gasteiger partial charge is 0.267 e. The van der Waals surface area contributed by atoms with Gasteiger partial charge in [0.15, 0.2) is 9.84 Å². The monoisotopic (exact) mass is 323 g/mol. The zero-order valence-electron chi connectivity index (χ0n) is 12.0. The van der Waals surface area contributed by atoms with Crippen LogP contribution in [0.2, 0.25) is 0 Å². The van der Waals surface area contributed by atoms with Gasteiger partial charge in [-0.15, -0.1) is 0 Å². The van der Waals surface area contributed by atoms with Crippen LogP contribution in [0.4, 0.5) is 0 Å². The lowest BCUT2D eigenvalue weighted by molar-refractivity contribution is 0.572. The maximum Gasteiger partial charge on any atom is 0.241 e. The van der Waals surface area contributed by atoms with Crippen LogP contribution in [-0.4, -0.2) is 38.1 Å². The minimum atomic E-state index is -3.86. The van der Waals surface area contributed by atoms with E-state index in [4.69, 9.17) is 5.14 Å². The first-order valence-electron chi connectivity index (χ1n) is 6.48. The smallest absolute Gasteiger partial charge is 0.241 e. The summed E-state index contributed by atoms with van der Waals surface area (Å²) in [6.45, 7) is 5.29. The minimum Gasteiger partial charge on any atom is -0.267 e. The highest BCUT2D eigenvalue weighted by molar-refractivity contribution is 7.91. The van der Waals surface area contributed by atoms with Crippen molar-refractivity contribution in [2.24, 2.45) is 5.14 Å². The molecule has 116 valence electrons. The predicted molar refractivity (Wildman–Crippen MR) is 76.7 cm³/mol. The molecule has 0 aromatic carbocycles. The number of rotatable bonds is 7. The number of nitrogens with zero attached hydrogens (tertiary/aromatic N) is 2. The van der Waals surface area contributed by atoms with E-state index in [2.05, 4.69) is 5.10 Å². The first-order valence-corrected chi connectivity index (χ1v) is 9.84. The lowest BCUT2D eigenvalue weighted by Crippen LogP contribution is -2.18. The lowest BCUT2D eigenvalue weighted by atomic mass is 10.2. The van der Waals surface area contributed by atoms with Crippen LogP contribution in [0.3, 0.4) is 0 Å². The molecule has 0 atom stereocenters. The second-order valence-corrected chi connectivity index (χ2v) is 8.41. The van der Waals surface area contributed by atoms with Gasteiger partial charge in [-0.05, 0) is 12.8 Å². The fourth-order valence-corrected chi connectivity index (χ4v) is 3.82. The Labute approximate surface area is 120 Å². The second kappa shape index (κ2) is 6.23. The summed E-state index contributed by atoms with van der Waals surface area (Å²) in [6, 6.07) is 0. The van der Waals surface area contributed by atoms with Gasteiger partial charge in [0, 0.05) is 5.75 Å². The van der Waals surface area contributed by atoms with E-state index in [1.807, 2.05) is 0 Å². The summed E-state index contributed by atoms with van der Waals surface area (Å²) >= 11 is 0. The van der Waals surface area contributed by atoms with Crippen LogP contribution in [0, 0.1) is 0 Å². The molecule has 1 aromatic heterocycles. The summed E-state index contributed by atoms with van der Waals surface area (Å²) in [6.07, 6.45) is 0.844. The Morgan fingerprint density at radius 3 is 2.10 bits per heavy atom. The van der Waals surface area contributed by atoms with Crippen LogP contribution in [0.15, 0.2) is 4.90 Å². The number of nitrogens with two attached hydrogens (primary N) is 1. The normalized spacial score (nSPS) is 12.8. The topological polar surface area (TPSA) is 112 Å². The van der Waals surface area contributed by atoms with E-state index < -0.39 is 19.9 Å². The molecule has 20 heavy (non-hydrogen) atoms. The van der Waals surface area contributed by atoms with Crippen molar-refractivity contribution >= 4 is 19.9 Å². The molecule has 1 heterocycles. The number of hydrogen-bond acceptors (Lipinski definition) is 5. The van der Waals surface area contributed by atoms with E-state index >= 15 is 0 Å². The van der Waals surface area contributed by atoms with Crippen LogP contribution in [-0.2, 0) is 39.2 Å². The highest BCUT2D eigenvalue weighted by Crippen LogP contribution is 2.20. The fourth-order valence-electron chi connectivity index (χ4n) is 1.99. The molecule has 0 radical (unpaired) electrons. The summed E-state index contributed by atoms with van der Waals surface area (Å²) < 4.78 is 47.9. The third-order valence-electron chi connectivity index (χ3n) is 3.09. The summed E-state index contributed by atoms with van der Waals surface area (Å²) in [5.74, 6) is -0.0101. The number of aromatic nitrogens is 2. The number of sulfone groups is 1. The SMILES string of the molecule is CCc1nn(CCS(=O)(=O)CC)c(CC)c1S(N)(=O)=O. The Bertz CT molecular complexity index is 675. The van der Waals surface area contributed by atoms with Crippen molar-refractivity contribution in [1.82, 2.24) is 9.78 Å². The van der Waals surface area contributed by atoms with Gasteiger partial charge in [0.2, 0.25) is 10.0 Å². The van der Waals surface area contributed by atoms with E-state index in [-0.39, 0.29) is 22.9 Å². The maximum absolute atomic E-state index is 11.7. The molecule has 2 N–H and O–H groups in total. The Balaban J connectivity index is 3.26. The lowest BCUT2D eigenvalue weighted by Gasteiger charge is -2.07. The standard InChI is InChI=1S/C11H21N3O4S2/c1-4-9-11(20(12,17)18)10(5-2)14(13-9)7-8-19(15,16)6-3/h4-8H2,1-3H3,(H2,12,17,18). The van der Waals surface area contributed by atoms with Gasteiger partial charge in [-0.25, -0.2) is 22.0 Å². The van der Waals surface area contributed by atoms with Crippen LogP contribution < -0.4 is 5.14 Å². The van der Waals surface area contributed by atoms with Crippen LogP contribution >= 0.6 is 0 Å². The average molecular weight is 323 g/mol. The highest BCUT2D eigenvalue weighted by Gasteiger charge is 2.24. The summed E-state index contributed by atoms with van der Waals surface area (Å²) in [4.78, 5) is 0.0383. The Morgan fingerprint density at radius 2 is 1.70 bits per heavy atom. The minimum absolute atomic E-state index is 0.0383. The molecule has 0 fully saturated rings. The van der Waals surface area contributed by atoms with E-state index in [9.17, 15) is 16.8 Å². The molecule has 1 rings (SSSR count). The van der Waals surface area contributed by atoms with Crippen LogP contribution in [0.5, 0.6) is 0 Å². The fraction of sp³-hybridized carbons (Fsp3) is 0.727. The van der Waals surface area contributed by atoms with E-state index in [0.717, 1.165) is 0 Å². The van der Waals surface area contributed by atoms with Gasteiger partial charge >= 0.3 is 0 Å². The molecule has 0 spiro atoms. The van der Waals surface area contributed by atoms with E-state index in [1.165, 1.54) is 4.68 Å². The molecule has 0 amide bonds. The molecule has 0 saturated carbocycles. The predicted octanol–water partition coefficient (Wildman–Crippen LogP) is 0.0900. The average Bonchev–Trinajstić information content (AvgIpc) is 2.74. The van der Waals surface area contributed by atoms with Crippen LogP contribution in [0.1, 0.15) is 32.2 Å². The molecule has 0 aliphatic carbocycles. The van der Waals surface area contributed by atoms with Gasteiger partial charge in [0.05, 0.1) is 23.7 Å². The highest BCUT2D eigenvalue weighted by atomic mass is 32.2. The summed E-state index contributed by atoms with van der Waals surface area (Å²) in [5.41, 5.74) is 0.855. The molecule has 0 unspecified atom stereocenters. The van der Waals surface area contributed by atoms with E-state index in [1.54, 1.807) is 20.8 Å². The molecule has 0 saturated heterocycles. The molecule has 9 heteroatoms. The van der Waals surface area contributed by atoms with Gasteiger partial charge < -0.3 is 0 Å². The van der Waals surface area contributed by atoms with E-state index in [0.29, 0.717) is 24.2 Å². The molecule has 7 nitrogen and oxygen atoms in total. The maximum atomic E-state index is 11.7. The van der Waals surface area contributed by atoms with Gasteiger partial charge in [-0.3, -0.25) is 4.68 Å². The number of sulfonamides is 1. The third kappa shape index (κ3) is 3.80. The van der Waals surface area contributed by atoms with Gasteiger partial charge in [0.25, 0.3) is 0 Å². The second-order valence-electron chi connectivity index (χ2n) is 4.43. The molecule has 1 aromatic rings. The number of aryl methyl sites for hydroxylation is 2. The number of hydrogen-bond donors (Lipinski definition) is 1. The van der Waals surface area contributed by atoms with Crippen molar-refractivity contribution in [2.75, 3.05) is 11.5 Å². The first kappa shape index (κ1) is 17.1. The zero-order chi connectivity index (χ0) is 15.6. The molecule has 0 bridgehead atoms. The van der Waals surface area contributed by atoms with Crippen molar-refractivity contribution in [3.8, 4) is 0 Å². The Morgan fingerprint density at radius 1 is 1.10 bits per heavy atom. The number of primary sulfonamides is 1. The molecular formula is C11H21N3O4S2. The Hall–Kier alpha value is -0.930. The molecule has 0 aliphatic heterocycles. The zero-order valence-corrected chi connectivity index (χ0v) is 13.6. The van der Waals surface area contributed by atoms with Gasteiger partial charge in [-0.1, -0.05) is 20.8 Å². The Kier molecular flexibility index (Phi) is 5.33. The van der Waals surface area contributed by atoms with Crippen molar-refractivity contribution in [3.63, 3.8) is 0 Å². The van der Waals surface area contributed by atoms with Crippen molar-refractivity contribution in [3.05, 3.63) is 11.4 Å². The summed E-state index contributed by atoms with van der Waals surface area (Å²) in [5, 5.41) is 9.43. The van der Waals surface area contributed by atoms with Crippen molar-refractivity contribution in [2.45, 2.75) is 45.1 Å². The van der Waals surface area contributed by atoms with Crippen molar-refractivity contribution in [1.29, 1.82) is 0 Å². The van der Waals surface area contributed by atoms with Crippen LogP contribution in [0.25, 0.3) is 0 Å².